The first-order valence-electron chi connectivity index (χ1n) is 12.9. The molecule has 0 bridgehead atoms. The van der Waals surface area contributed by atoms with Crippen molar-refractivity contribution in [3.05, 3.63) is 63.2 Å². The van der Waals surface area contributed by atoms with Crippen LogP contribution < -0.4 is 0 Å². The van der Waals surface area contributed by atoms with Gasteiger partial charge in [-0.25, -0.2) is 4.99 Å². The van der Waals surface area contributed by atoms with Crippen LogP contribution in [-0.2, 0) is 6.42 Å². The molecule has 0 aliphatic rings. The van der Waals surface area contributed by atoms with Crippen molar-refractivity contribution in [1.29, 1.82) is 0 Å². The van der Waals surface area contributed by atoms with E-state index in [0.717, 1.165) is 12.1 Å². The zero-order chi connectivity index (χ0) is 24.9. The Bertz CT molecular complexity index is 942. The minimum atomic E-state index is 0.394. The second-order valence-electron chi connectivity index (χ2n) is 10.9. The van der Waals surface area contributed by atoms with Crippen LogP contribution in [0, 0.1) is 0 Å². The summed E-state index contributed by atoms with van der Waals surface area (Å²) in [6.45, 7) is 25.7. The average molecular weight is 447 g/mol. The quantitative estimate of drug-likeness (QED) is 0.342. The van der Waals surface area contributed by atoms with E-state index in [2.05, 4.69) is 109 Å². The molecule has 0 spiro atoms. The van der Waals surface area contributed by atoms with E-state index in [1.165, 1.54) is 33.4 Å². The number of aliphatic imine (C=N–C) groups is 2. The highest BCUT2D eigenvalue weighted by molar-refractivity contribution is 5.63. The van der Waals surface area contributed by atoms with E-state index in [-0.39, 0.29) is 0 Å². The van der Waals surface area contributed by atoms with E-state index >= 15 is 0 Å². The predicted molar refractivity (Wildman–Crippen MR) is 146 cm³/mol. The lowest BCUT2D eigenvalue weighted by Gasteiger charge is -2.24. The maximum absolute atomic E-state index is 4.68. The van der Waals surface area contributed by atoms with Crippen LogP contribution in [-0.4, -0.2) is 12.6 Å². The Balaban J connectivity index is 2.68. The lowest BCUT2D eigenvalue weighted by atomic mass is 9.81. The van der Waals surface area contributed by atoms with Crippen LogP contribution in [0.15, 0.2) is 34.3 Å². The molecule has 2 rings (SSSR count). The van der Waals surface area contributed by atoms with Crippen LogP contribution in [0.2, 0.25) is 0 Å². The maximum Gasteiger partial charge on any atom is 0.0949 e. The van der Waals surface area contributed by atoms with E-state index in [1.54, 1.807) is 5.56 Å². The van der Waals surface area contributed by atoms with E-state index < -0.39 is 0 Å². The van der Waals surface area contributed by atoms with Crippen molar-refractivity contribution in [1.82, 2.24) is 0 Å². The molecule has 2 heteroatoms. The van der Waals surface area contributed by atoms with Gasteiger partial charge < -0.3 is 0 Å². The van der Waals surface area contributed by atoms with Gasteiger partial charge in [-0.05, 0) is 81.9 Å². The molecule has 0 aromatic heterocycles. The molecule has 0 saturated heterocycles. The van der Waals surface area contributed by atoms with Gasteiger partial charge in [-0.15, -0.1) is 0 Å². The summed E-state index contributed by atoms with van der Waals surface area (Å²) in [5.74, 6) is 2.37. The lowest BCUT2D eigenvalue weighted by molar-refractivity contribution is 0.745. The van der Waals surface area contributed by atoms with Gasteiger partial charge in [0.1, 0.15) is 0 Å². The normalized spacial score (nSPS) is 11.8. The Hall–Kier alpha value is -2.18. The minimum absolute atomic E-state index is 0.394. The maximum atomic E-state index is 4.68. The van der Waals surface area contributed by atoms with Crippen molar-refractivity contribution in [2.75, 3.05) is 6.54 Å². The van der Waals surface area contributed by atoms with Crippen molar-refractivity contribution in [3.8, 4) is 0 Å². The smallest absolute Gasteiger partial charge is 0.0949 e. The van der Waals surface area contributed by atoms with Gasteiger partial charge in [0.2, 0.25) is 0 Å². The van der Waals surface area contributed by atoms with Gasteiger partial charge in [0.05, 0.1) is 11.7 Å². The van der Waals surface area contributed by atoms with Crippen molar-refractivity contribution >= 4 is 11.7 Å². The first-order chi connectivity index (χ1) is 15.5. The monoisotopic (exact) mass is 446 g/mol. The van der Waals surface area contributed by atoms with Crippen molar-refractivity contribution in [3.63, 3.8) is 0 Å². The van der Waals surface area contributed by atoms with Gasteiger partial charge >= 0.3 is 0 Å². The molecule has 2 nitrogen and oxygen atoms in total. The molecule has 0 N–H and O–H groups in total. The second-order valence-corrected chi connectivity index (χ2v) is 10.9. The zero-order valence-electron chi connectivity index (χ0n) is 23.0. The third-order valence-electron chi connectivity index (χ3n) is 6.40. The van der Waals surface area contributed by atoms with E-state index in [1.807, 2.05) is 6.92 Å². The third kappa shape index (κ3) is 6.67. The second kappa shape index (κ2) is 11.8. The summed E-state index contributed by atoms with van der Waals surface area (Å²) in [5, 5.41) is 0. The van der Waals surface area contributed by atoms with Crippen LogP contribution in [0.25, 0.3) is 0 Å². The van der Waals surface area contributed by atoms with Crippen LogP contribution in [0.5, 0.6) is 0 Å². The van der Waals surface area contributed by atoms with Crippen LogP contribution in [0.3, 0.4) is 0 Å². The molecule has 180 valence electrons. The van der Waals surface area contributed by atoms with Gasteiger partial charge in [-0.2, -0.15) is 4.99 Å². The largest absolute Gasteiger partial charge is 0.226 e. The zero-order valence-corrected chi connectivity index (χ0v) is 23.0. The summed E-state index contributed by atoms with van der Waals surface area (Å²) in [6.07, 6.45) is 0.949. The van der Waals surface area contributed by atoms with Gasteiger partial charge in [-0.1, -0.05) is 93.5 Å². The van der Waals surface area contributed by atoms with Crippen LogP contribution in [0.1, 0.15) is 145 Å². The van der Waals surface area contributed by atoms with Gasteiger partial charge in [0.25, 0.3) is 0 Å². The molecule has 0 fully saturated rings. The highest BCUT2D eigenvalue weighted by Crippen LogP contribution is 2.38. The third-order valence-corrected chi connectivity index (χ3v) is 6.40. The first kappa shape index (κ1) is 27.1. The van der Waals surface area contributed by atoms with Crippen molar-refractivity contribution < 1.29 is 0 Å². The van der Waals surface area contributed by atoms with Crippen LogP contribution in [0.4, 0.5) is 5.69 Å². The Labute approximate surface area is 203 Å². The molecule has 33 heavy (non-hydrogen) atoms. The Morgan fingerprint density at radius 1 is 0.606 bits per heavy atom. The number of rotatable bonds is 9. The van der Waals surface area contributed by atoms with Gasteiger partial charge in [-0.3, -0.25) is 0 Å². The fraction of sp³-hybridized carbons (Fsp3) is 0.581. The fourth-order valence-electron chi connectivity index (χ4n) is 4.74. The predicted octanol–water partition coefficient (Wildman–Crippen LogP) is 9.72. The molecule has 0 aliphatic carbocycles. The molecule has 2 aromatic carbocycles. The highest BCUT2D eigenvalue weighted by atomic mass is 14.8. The minimum Gasteiger partial charge on any atom is -0.226 e. The molecule has 0 heterocycles. The summed E-state index contributed by atoms with van der Waals surface area (Å²) in [6, 6.07) is 12.6. The summed E-state index contributed by atoms with van der Waals surface area (Å²) < 4.78 is 0. The number of benzene rings is 2. The van der Waals surface area contributed by atoms with Gasteiger partial charge in [0, 0.05) is 6.54 Å². The van der Waals surface area contributed by atoms with Crippen molar-refractivity contribution in [2.24, 2.45) is 9.98 Å². The number of hydrogen-bond donors (Lipinski definition) is 0. The fourth-order valence-corrected chi connectivity index (χ4v) is 4.74. The lowest BCUT2D eigenvalue weighted by Crippen LogP contribution is -2.08. The Kier molecular flexibility index (Phi) is 9.68. The summed E-state index contributed by atoms with van der Waals surface area (Å²) in [5.41, 5.74) is 11.0. The Morgan fingerprint density at radius 3 is 1.33 bits per heavy atom. The number of hydrogen-bond acceptors (Lipinski definition) is 2. The summed E-state index contributed by atoms with van der Waals surface area (Å²) >= 11 is 0. The SMILES string of the molecule is CCN=C=Nc1c(C(C)C)cc(Cc2cc(C(C)C)c(C(C)C)c(C(C)C)c2)cc1C(C)C. The molecule has 0 radical (unpaired) electrons. The van der Waals surface area contributed by atoms with E-state index in [9.17, 15) is 0 Å². The summed E-state index contributed by atoms with van der Waals surface area (Å²) in [7, 11) is 0. The molecular formula is C31H46N2. The molecule has 0 unspecified atom stereocenters. The van der Waals surface area contributed by atoms with Gasteiger partial charge in [0.15, 0.2) is 0 Å². The molecule has 0 amide bonds. The molecule has 0 atom stereocenters. The Morgan fingerprint density at radius 2 is 1.00 bits per heavy atom. The topological polar surface area (TPSA) is 24.7 Å². The van der Waals surface area contributed by atoms with E-state index in [4.69, 9.17) is 0 Å². The molecule has 0 saturated carbocycles. The summed E-state index contributed by atoms with van der Waals surface area (Å²) in [4.78, 5) is 8.89. The standard InChI is InChI=1S/C31H46N2/c1-12-32-18-33-31-28(21(6)7)16-25(17-29(31)22(8)9)13-24-14-26(19(2)3)30(23(10)11)27(15-24)20(4)5/h14-17,19-23H,12-13H2,1-11H3. The molecule has 2 aromatic rings. The average Bonchev–Trinajstić information content (AvgIpc) is 2.73. The highest BCUT2D eigenvalue weighted by Gasteiger charge is 2.20. The van der Waals surface area contributed by atoms with E-state index in [0.29, 0.717) is 36.1 Å². The van der Waals surface area contributed by atoms with Crippen molar-refractivity contribution in [2.45, 2.75) is 112 Å². The molecular weight excluding hydrogens is 400 g/mol. The molecule has 0 aliphatic heterocycles. The van der Waals surface area contributed by atoms with Crippen LogP contribution >= 0.6 is 0 Å². The first-order valence-corrected chi connectivity index (χ1v) is 12.9. The number of nitrogens with zero attached hydrogens (tertiary/aromatic N) is 2.